The number of nitrogens with one attached hydrogen (secondary N) is 1. The molecule has 0 radical (unpaired) electrons. The molecule has 1 aliphatic heterocycles. The number of nitrogens with zero attached hydrogens (tertiary/aromatic N) is 1. The average molecular weight is 507 g/mol. The van der Waals surface area contributed by atoms with E-state index in [9.17, 15) is 18.0 Å². The van der Waals surface area contributed by atoms with Gasteiger partial charge in [0.05, 0.1) is 0 Å². The smallest absolute Gasteiger partial charge is 0.406 e. The molecule has 0 unspecified atom stereocenters. The second kappa shape index (κ2) is 11.3. The van der Waals surface area contributed by atoms with E-state index < -0.39 is 6.36 Å². The van der Waals surface area contributed by atoms with Crippen LogP contribution >= 0.6 is 0 Å². The van der Waals surface area contributed by atoms with Gasteiger partial charge in [0.2, 0.25) is 5.91 Å². The number of alkyl halides is 3. The van der Waals surface area contributed by atoms with E-state index in [1.165, 1.54) is 76.3 Å². The molecule has 1 saturated heterocycles. The summed E-state index contributed by atoms with van der Waals surface area (Å²) in [6, 6.07) is 6.53. The van der Waals surface area contributed by atoms with Gasteiger partial charge in [-0.2, -0.15) is 0 Å². The standard InChI is InChI=1S/C29H41F3N2O2/c30-29(31,32)36-24-13-7-8-20(16-24)17-34-18-23-14-15-26(25(23)19-34)33-28(35)27(21-9-3-1-4-10-21)22-11-5-2-6-12-22/h7-8,13,16,21-23,25-27H,1-6,9-12,14-15,17-19H2,(H,33,35)/t23-,25+,26-/m0/s1. The Morgan fingerprint density at radius 2 is 1.61 bits per heavy atom. The maximum atomic E-state index is 13.8. The maximum absolute atomic E-state index is 13.8. The zero-order valence-electron chi connectivity index (χ0n) is 21.3. The van der Waals surface area contributed by atoms with Gasteiger partial charge in [-0.1, -0.05) is 50.7 Å². The molecule has 3 aliphatic carbocycles. The van der Waals surface area contributed by atoms with Crippen molar-refractivity contribution in [1.29, 1.82) is 0 Å². The lowest BCUT2D eigenvalue weighted by molar-refractivity contribution is -0.274. The number of fused-ring (bicyclic) bond motifs is 1. The minimum atomic E-state index is -4.68. The van der Waals surface area contributed by atoms with E-state index in [0.717, 1.165) is 31.5 Å². The summed E-state index contributed by atoms with van der Waals surface area (Å²) in [5.41, 5.74) is 0.826. The van der Waals surface area contributed by atoms with Crippen LogP contribution in [0, 0.1) is 29.6 Å². The third-order valence-electron chi connectivity index (χ3n) is 9.42. The van der Waals surface area contributed by atoms with Crippen molar-refractivity contribution >= 4 is 5.91 Å². The Morgan fingerprint density at radius 1 is 0.944 bits per heavy atom. The van der Waals surface area contributed by atoms with Crippen LogP contribution in [0.4, 0.5) is 13.2 Å². The Hall–Kier alpha value is -1.76. The van der Waals surface area contributed by atoms with E-state index in [0.29, 0.717) is 36.1 Å². The average Bonchev–Trinajstić information content (AvgIpc) is 3.41. The summed E-state index contributed by atoms with van der Waals surface area (Å²) in [4.78, 5) is 16.1. The van der Waals surface area contributed by atoms with Crippen LogP contribution in [0.1, 0.15) is 82.6 Å². The van der Waals surface area contributed by atoms with Gasteiger partial charge < -0.3 is 10.1 Å². The van der Waals surface area contributed by atoms with Crippen molar-refractivity contribution in [2.45, 2.75) is 96.0 Å². The summed E-state index contributed by atoms with van der Waals surface area (Å²) in [6.45, 7) is 2.43. The first-order valence-corrected chi connectivity index (χ1v) is 14.2. The third kappa shape index (κ3) is 6.38. The molecule has 7 heteroatoms. The Kier molecular flexibility index (Phi) is 8.14. The molecule has 1 N–H and O–H groups in total. The Morgan fingerprint density at radius 3 is 2.25 bits per heavy atom. The first kappa shape index (κ1) is 25.9. The highest BCUT2D eigenvalue weighted by molar-refractivity contribution is 5.79. The molecule has 1 heterocycles. The fourth-order valence-corrected chi connectivity index (χ4v) is 7.84. The normalized spacial score (nSPS) is 28.4. The molecule has 4 fully saturated rings. The number of hydrogen-bond donors (Lipinski definition) is 1. The zero-order chi connectivity index (χ0) is 25.1. The molecule has 200 valence electrons. The van der Waals surface area contributed by atoms with Crippen molar-refractivity contribution in [2.24, 2.45) is 29.6 Å². The van der Waals surface area contributed by atoms with Crippen LogP contribution in [0.2, 0.25) is 0 Å². The van der Waals surface area contributed by atoms with Gasteiger partial charge in [0, 0.05) is 31.6 Å². The van der Waals surface area contributed by atoms with Gasteiger partial charge in [-0.3, -0.25) is 9.69 Å². The molecular weight excluding hydrogens is 465 g/mol. The van der Waals surface area contributed by atoms with Crippen molar-refractivity contribution in [3.05, 3.63) is 29.8 Å². The van der Waals surface area contributed by atoms with Crippen LogP contribution < -0.4 is 10.1 Å². The van der Waals surface area contributed by atoms with Crippen molar-refractivity contribution in [1.82, 2.24) is 10.2 Å². The first-order valence-electron chi connectivity index (χ1n) is 14.2. The molecule has 3 saturated carbocycles. The van der Waals surface area contributed by atoms with Crippen LogP contribution in [0.25, 0.3) is 0 Å². The molecule has 1 aromatic carbocycles. The molecule has 0 spiro atoms. The molecule has 3 atom stereocenters. The summed E-state index contributed by atoms with van der Waals surface area (Å²) < 4.78 is 41.9. The van der Waals surface area contributed by atoms with Gasteiger partial charge in [-0.15, -0.1) is 13.2 Å². The quantitative estimate of drug-likeness (QED) is 0.448. The SMILES string of the molecule is O=C(N[C@H]1CC[C@H]2CN(Cc3cccc(OC(F)(F)F)c3)C[C@H]21)C(C1CCCCC1)C1CCCCC1. The van der Waals surface area contributed by atoms with Gasteiger partial charge >= 0.3 is 6.36 Å². The lowest BCUT2D eigenvalue weighted by Gasteiger charge is -2.37. The number of amides is 1. The highest BCUT2D eigenvalue weighted by atomic mass is 19.4. The highest BCUT2D eigenvalue weighted by Gasteiger charge is 2.45. The number of carbonyl (C=O) groups excluding carboxylic acids is 1. The Labute approximate surface area is 213 Å². The van der Waals surface area contributed by atoms with Crippen molar-refractivity contribution < 1.29 is 22.7 Å². The first-order chi connectivity index (χ1) is 17.4. The van der Waals surface area contributed by atoms with E-state index in [-0.39, 0.29) is 17.7 Å². The zero-order valence-corrected chi connectivity index (χ0v) is 21.3. The molecule has 1 aromatic rings. The second-order valence-electron chi connectivity index (χ2n) is 11.8. The monoisotopic (exact) mass is 506 g/mol. The number of ether oxygens (including phenoxy) is 1. The van der Waals surface area contributed by atoms with Crippen LogP contribution in [-0.4, -0.2) is 36.3 Å². The summed E-state index contributed by atoms with van der Waals surface area (Å²) in [7, 11) is 0. The number of hydrogen-bond acceptors (Lipinski definition) is 3. The van der Waals surface area contributed by atoms with E-state index in [4.69, 9.17) is 0 Å². The fourth-order valence-electron chi connectivity index (χ4n) is 7.84. The molecule has 0 aromatic heterocycles. The topological polar surface area (TPSA) is 41.6 Å². The molecule has 4 nitrogen and oxygen atoms in total. The van der Waals surface area contributed by atoms with Crippen LogP contribution in [-0.2, 0) is 11.3 Å². The number of likely N-dealkylation sites (tertiary alicyclic amines) is 1. The molecule has 1 amide bonds. The number of rotatable bonds is 7. The Balaban J connectivity index is 1.20. The summed E-state index contributed by atoms with van der Waals surface area (Å²) in [5, 5.41) is 3.55. The summed E-state index contributed by atoms with van der Waals surface area (Å²) >= 11 is 0. The second-order valence-corrected chi connectivity index (χ2v) is 11.8. The summed E-state index contributed by atoms with van der Waals surface area (Å²) in [5.74, 6) is 2.40. The molecule has 4 aliphatic rings. The minimum absolute atomic E-state index is 0.166. The summed E-state index contributed by atoms with van der Waals surface area (Å²) in [6.07, 6.45) is 9.97. The lowest BCUT2D eigenvalue weighted by Crippen LogP contribution is -2.47. The Bertz CT molecular complexity index is 862. The van der Waals surface area contributed by atoms with Gasteiger partial charge in [0.25, 0.3) is 0 Å². The van der Waals surface area contributed by atoms with Crippen LogP contribution in [0.15, 0.2) is 24.3 Å². The molecular formula is C29H41F3N2O2. The van der Waals surface area contributed by atoms with Crippen molar-refractivity contribution in [3.63, 3.8) is 0 Å². The predicted octanol–water partition coefficient (Wildman–Crippen LogP) is 6.69. The van der Waals surface area contributed by atoms with Crippen LogP contribution in [0.3, 0.4) is 0 Å². The predicted molar refractivity (Wildman–Crippen MR) is 133 cm³/mol. The van der Waals surface area contributed by atoms with Gasteiger partial charge in [0.15, 0.2) is 0 Å². The van der Waals surface area contributed by atoms with Gasteiger partial charge in [-0.25, -0.2) is 0 Å². The minimum Gasteiger partial charge on any atom is -0.406 e. The molecule has 36 heavy (non-hydrogen) atoms. The highest BCUT2D eigenvalue weighted by Crippen LogP contribution is 2.42. The number of benzene rings is 1. The van der Waals surface area contributed by atoms with Gasteiger partial charge in [0.1, 0.15) is 5.75 Å². The third-order valence-corrected chi connectivity index (χ3v) is 9.42. The van der Waals surface area contributed by atoms with E-state index >= 15 is 0 Å². The van der Waals surface area contributed by atoms with E-state index in [2.05, 4.69) is 15.0 Å². The number of halogens is 3. The molecule has 5 rings (SSSR count). The maximum Gasteiger partial charge on any atom is 0.573 e. The van der Waals surface area contributed by atoms with Gasteiger partial charge in [-0.05, 0) is 79.9 Å². The molecule has 0 bridgehead atoms. The largest absolute Gasteiger partial charge is 0.573 e. The fraction of sp³-hybridized carbons (Fsp3) is 0.759. The van der Waals surface area contributed by atoms with E-state index in [1.807, 2.05) is 6.07 Å². The lowest BCUT2D eigenvalue weighted by atomic mass is 9.69. The van der Waals surface area contributed by atoms with Crippen LogP contribution in [0.5, 0.6) is 5.75 Å². The van der Waals surface area contributed by atoms with Crippen molar-refractivity contribution in [2.75, 3.05) is 13.1 Å². The van der Waals surface area contributed by atoms with E-state index in [1.54, 1.807) is 6.07 Å². The van der Waals surface area contributed by atoms with Crippen molar-refractivity contribution in [3.8, 4) is 5.75 Å². The number of carbonyl (C=O) groups is 1.